The van der Waals surface area contributed by atoms with E-state index in [0.717, 1.165) is 13.1 Å². The van der Waals surface area contributed by atoms with Crippen LogP contribution in [0.2, 0.25) is 0 Å². The van der Waals surface area contributed by atoms with E-state index >= 15 is 0 Å². The number of benzene rings is 1. The molecule has 7 nitrogen and oxygen atoms in total. The van der Waals surface area contributed by atoms with Gasteiger partial charge in [-0.3, -0.25) is 4.79 Å². The minimum Gasteiger partial charge on any atom is -0.379 e. The number of morpholine rings is 1. The molecule has 132 valence electrons. The Morgan fingerprint density at radius 2 is 2.00 bits per heavy atom. The maximum atomic E-state index is 12.7. The van der Waals surface area contributed by atoms with Crippen molar-refractivity contribution >= 4 is 15.9 Å². The molecule has 0 unspecified atom stereocenters. The minimum absolute atomic E-state index is 0.0887. The fourth-order valence-corrected chi connectivity index (χ4v) is 4.49. The molecule has 1 aromatic rings. The first-order valence-electron chi connectivity index (χ1n) is 8.20. The number of carbonyl (C=O) groups is 1. The van der Waals surface area contributed by atoms with Gasteiger partial charge in [0.15, 0.2) is 0 Å². The van der Waals surface area contributed by atoms with Crippen molar-refractivity contribution in [2.24, 2.45) is 0 Å². The molecule has 1 aromatic carbocycles. The smallest absolute Gasteiger partial charge is 0.254 e. The van der Waals surface area contributed by atoms with Crippen molar-refractivity contribution in [3.05, 3.63) is 29.8 Å². The van der Waals surface area contributed by atoms with Crippen molar-refractivity contribution in [1.82, 2.24) is 14.5 Å². The summed E-state index contributed by atoms with van der Waals surface area (Å²) in [6, 6.07) is 6.43. The molecule has 1 amide bonds. The number of nitrogens with one attached hydrogen (secondary N) is 1. The fraction of sp³-hybridized carbons (Fsp3) is 0.562. The maximum Gasteiger partial charge on any atom is 0.254 e. The zero-order valence-electron chi connectivity index (χ0n) is 13.8. The van der Waals surface area contributed by atoms with E-state index in [4.69, 9.17) is 4.74 Å². The second-order valence-corrected chi connectivity index (χ2v) is 8.03. The minimum atomic E-state index is -3.59. The zero-order valence-corrected chi connectivity index (χ0v) is 14.6. The van der Waals surface area contributed by atoms with Gasteiger partial charge in [-0.05, 0) is 25.1 Å². The lowest BCUT2D eigenvalue weighted by molar-refractivity contribution is 0.0655. The van der Waals surface area contributed by atoms with E-state index in [1.54, 1.807) is 23.1 Å². The second kappa shape index (κ2) is 7.18. The molecule has 2 aliphatic rings. The summed E-state index contributed by atoms with van der Waals surface area (Å²) < 4.78 is 32.1. The highest BCUT2D eigenvalue weighted by atomic mass is 32.2. The number of hydrogen-bond acceptors (Lipinski definition) is 5. The third-order valence-electron chi connectivity index (χ3n) is 4.45. The van der Waals surface area contributed by atoms with Gasteiger partial charge in [0.1, 0.15) is 0 Å². The van der Waals surface area contributed by atoms with Crippen molar-refractivity contribution in [3.63, 3.8) is 0 Å². The molecule has 2 aliphatic heterocycles. The van der Waals surface area contributed by atoms with Gasteiger partial charge in [-0.1, -0.05) is 6.07 Å². The Morgan fingerprint density at radius 1 is 1.25 bits per heavy atom. The van der Waals surface area contributed by atoms with Gasteiger partial charge in [-0.25, -0.2) is 8.42 Å². The number of hydrogen-bond donors (Lipinski definition) is 1. The van der Waals surface area contributed by atoms with E-state index in [1.807, 2.05) is 6.92 Å². The van der Waals surface area contributed by atoms with Crippen LogP contribution in [0.25, 0.3) is 0 Å². The zero-order chi connectivity index (χ0) is 17.2. The van der Waals surface area contributed by atoms with Crippen LogP contribution >= 0.6 is 0 Å². The first kappa shape index (κ1) is 17.3. The standard InChI is InChI=1S/C16H23N3O4S/c1-13-12-17-5-6-19(13)16(20)14-3-2-4-15(11-14)24(21,22)18-7-9-23-10-8-18/h2-4,11,13,17H,5-10,12H2,1H3/t13-/m0/s1. The number of sulfonamides is 1. The van der Waals surface area contributed by atoms with Crippen molar-refractivity contribution in [1.29, 1.82) is 0 Å². The molecule has 2 heterocycles. The average molecular weight is 353 g/mol. The summed E-state index contributed by atoms with van der Waals surface area (Å²) in [7, 11) is -3.59. The second-order valence-electron chi connectivity index (χ2n) is 6.10. The lowest BCUT2D eigenvalue weighted by Gasteiger charge is -2.34. The van der Waals surface area contributed by atoms with Crippen molar-refractivity contribution in [2.75, 3.05) is 45.9 Å². The number of nitrogens with zero attached hydrogens (tertiary/aromatic N) is 2. The van der Waals surface area contributed by atoms with Crippen molar-refractivity contribution in [3.8, 4) is 0 Å². The summed E-state index contributed by atoms with van der Waals surface area (Å²) in [4.78, 5) is 14.7. The summed E-state index contributed by atoms with van der Waals surface area (Å²) in [6.45, 7) is 5.59. The molecule has 0 radical (unpaired) electrons. The van der Waals surface area contributed by atoms with Gasteiger partial charge in [-0.2, -0.15) is 4.31 Å². The average Bonchev–Trinajstić information content (AvgIpc) is 2.62. The molecule has 8 heteroatoms. The van der Waals surface area contributed by atoms with Crippen LogP contribution in [0.15, 0.2) is 29.2 Å². The molecule has 0 saturated carbocycles. The van der Waals surface area contributed by atoms with Gasteiger partial charge in [0.25, 0.3) is 5.91 Å². The van der Waals surface area contributed by atoms with E-state index in [-0.39, 0.29) is 16.8 Å². The highest BCUT2D eigenvalue weighted by molar-refractivity contribution is 7.89. The lowest BCUT2D eigenvalue weighted by Crippen LogP contribution is -2.52. The number of piperazine rings is 1. The van der Waals surface area contributed by atoms with E-state index in [9.17, 15) is 13.2 Å². The first-order valence-corrected chi connectivity index (χ1v) is 9.64. The van der Waals surface area contributed by atoms with Crippen LogP contribution in [0.4, 0.5) is 0 Å². The normalized spacial score (nSPS) is 23.2. The predicted octanol–water partition coefficient (Wildman–Crippen LogP) is 0.141. The van der Waals surface area contributed by atoms with Gasteiger partial charge in [0, 0.05) is 44.3 Å². The maximum absolute atomic E-state index is 12.7. The Balaban J connectivity index is 1.84. The summed E-state index contributed by atoms with van der Waals surface area (Å²) in [5.74, 6) is -0.122. The molecule has 0 aliphatic carbocycles. The molecule has 2 fully saturated rings. The third-order valence-corrected chi connectivity index (χ3v) is 6.35. The number of carbonyl (C=O) groups excluding carboxylic acids is 1. The molecular weight excluding hydrogens is 330 g/mol. The molecular formula is C16H23N3O4S. The van der Waals surface area contributed by atoms with Crippen LogP contribution in [-0.4, -0.2) is 75.5 Å². The first-order chi connectivity index (χ1) is 11.5. The van der Waals surface area contributed by atoms with Crippen LogP contribution in [0, 0.1) is 0 Å². The van der Waals surface area contributed by atoms with Gasteiger partial charge < -0.3 is 15.0 Å². The highest BCUT2D eigenvalue weighted by Crippen LogP contribution is 2.20. The van der Waals surface area contributed by atoms with Gasteiger partial charge in [0.05, 0.1) is 18.1 Å². The van der Waals surface area contributed by atoms with E-state index < -0.39 is 10.0 Å². The van der Waals surface area contributed by atoms with Gasteiger partial charge >= 0.3 is 0 Å². The molecule has 1 N–H and O–H groups in total. The quantitative estimate of drug-likeness (QED) is 0.836. The van der Waals surface area contributed by atoms with Crippen LogP contribution in [0.5, 0.6) is 0 Å². The highest BCUT2D eigenvalue weighted by Gasteiger charge is 2.28. The number of ether oxygens (including phenoxy) is 1. The Morgan fingerprint density at radius 3 is 2.71 bits per heavy atom. The number of amides is 1. The summed E-state index contributed by atoms with van der Waals surface area (Å²) in [5, 5.41) is 3.24. The van der Waals surface area contributed by atoms with Crippen molar-refractivity contribution in [2.45, 2.75) is 17.9 Å². The molecule has 0 bridgehead atoms. The van der Waals surface area contributed by atoms with E-state index in [1.165, 1.54) is 10.4 Å². The van der Waals surface area contributed by atoms with Gasteiger partial charge in [0.2, 0.25) is 10.0 Å². The Kier molecular flexibility index (Phi) is 5.19. The Labute approximate surface area is 142 Å². The summed E-state index contributed by atoms with van der Waals surface area (Å²) in [6.07, 6.45) is 0. The van der Waals surface area contributed by atoms with E-state index in [0.29, 0.717) is 38.4 Å². The van der Waals surface area contributed by atoms with Crippen LogP contribution < -0.4 is 5.32 Å². The summed E-state index contributed by atoms with van der Waals surface area (Å²) in [5.41, 5.74) is 0.415. The SMILES string of the molecule is C[C@H]1CNCCN1C(=O)c1cccc(S(=O)(=O)N2CCOCC2)c1. The summed E-state index contributed by atoms with van der Waals surface area (Å²) >= 11 is 0. The predicted molar refractivity (Wildman–Crippen MR) is 89.4 cm³/mol. The fourth-order valence-electron chi connectivity index (χ4n) is 3.03. The molecule has 3 rings (SSSR count). The molecule has 0 spiro atoms. The van der Waals surface area contributed by atoms with Crippen LogP contribution in [-0.2, 0) is 14.8 Å². The lowest BCUT2D eigenvalue weighted by atomic mass is 10.1. The largest absolute Gasteiger partial charge is 0.379 e. The van der Waals surface area contributed by atoms with Gasteiger partial charge in [-0.15, -0.1) is 0 Å². The monoisotopic (exact) mass is 353 g/mol. The molecule has 1 atom stereocenters. The Bertz CT molecular complexity index is 701. The van der Waals surface area contributed by atoms with E-state index in [2.05, 4.69) is 5.32 Å². The Hall–Kier alpha value is -1.48. The van der Waals surface area contributed by atoms with Crippen molar-refractivity contribution < 1.29 is 17.9 Å². The molecule has 0 aromatic heterocycles. The van der Waals surface area contributed by atoms with Crippen LogP contribution in [0.1, 0.15) is 17.3 Å². The molecule has 2 saturated heterocycles. The topological polar surface area (TPSA) is 79.0 Å². The number of rotatable bonds is 3. The molecule has 24 heavy (non-hydrogen) atoms. The third kappa shape index (κ3) is 3.46. The van der Waals surface area contributed by atoms with Crippen LogP contribution in [0.3, 0.4) is 0 Å².